The number of hydrogen-bond acceptors (Lipinski definition) is 1. The van der Waals surface area contributed by atoms with E-state index in [0.29, 0.717) is 0 Å². The van der Waals surface area contributed by atoms with Crippen molar-refractivity contribution in [3.8, 4) is 0 Å². The van der Waals surface area contributed by atoms with Gasteiger partial charge < -0.3 is 0 Å². The molecule has 100 valence electrons. The van der Waals surface area contributed by atoms with Crippen LogP contribution in [0.1, 0.15) is 36.0 Å². The Hall–Kier alpha value is -2.15. The molecule has 0 heterocycles. The molecular formula is C19H18O. The molecule has 1 nitrogen and oxygen atoms in total. The van der Waals surface area contributed by atoms with Crippen molar-refractivity contribution in [1.29, 1.82) is 0 Å². The molecule has 0 N–H and O–H groups in total. The summed E-state index contributed by atoms with van der Waals surface area (Å²) in [5.41, 5.74) is 2.25. The van der Waals surface area contributed by atoms with Crippen molar-refractivity contribution in [1.82, 2.24) is 0 Å². The highest BCUT2D eigenvalue weighted by atomic mass is 16.1. The molecule has 1 saturated carbocycles. The molecule has 0 aromatic heterocycles. The summed E-state index contributed by atoms with van der Waals surface area (Å²) in [6, 6.07) is 13.9. The summed E-state index contributed by atoms with van der Waals surface area (Å²) in [5, 5.41) is 2.14. The van der Waals surface area contributed by atoms with Gasteiger partial charge in [-0.25, -0.2) is 0 Å². The van der Waals surface area contributed by atoms with E-state index in [-0.39, 0.29) is 5.78 Å². The second kappa shape index (κ2) is 5.87. The maximum atomic E-state index is 12.3. The van der Waals surface area contributed by atoms with Gasteiger partial charge in [0.1, 0.15) is 0 Å². The summed E-state index contributed by atoms with van der Waals surface area (Å²) in [7, 11) is 0. The first-order valence-electron chi connectivity index (χ1n) is 7.23. The zero-order valence-electron chi connectivity index (χ0n) is 11.5. The van der Waals surface area contributed by atoms with Crippen molar-refractivity contribution in [2.75, 3.05) is 0 Å². The molecule has 0 bridgehead atoms. The topological polar surface area (TPSA) is 17.1 Å². The minimum atomic E-state index is 0.0802. The van der Waals surface area contributed by atoms with E-state index >= 15 is 0 Å². The molecule has 20 heavy (non-hydrogen) atoms. The van der Waals surface area contributed by atoms with E-state index in [1.165, 1.54) is 31.3 Å². The Morgan fingerprint density at radius 1 is 0.950 bits per heavy atom. The number of hydrogen-bond donors (Lipinski definition) is 0. The lowest BCUT2D eigenvalue weighted by Gasteiger charge is -2.02. The summed E-state index contributed by atoms with van der Waals surface area (Å²) in [6.07, 6.45) is 10.7. The minimum absolute atomic E-state index is 0.0802. The SMILES string of the molecule is O=C(/C=C/C=C1CCCC1)c1cccc2ccccc12. The quantitative estimate of drug-likeness (QED) is 0.557. The summed E-state index contributed by atoms with van der Waals surface area (Å²) >= 11 is 0. The second-order valence-electron chi connectivity index (χ2n) is 5.28. The Morgan fingerprint density at radius 2 is 1.70 bits per heavy atom. The van der Waals surface area contributed by atoms with Gasteiger partial charge >= 0.3 is 0 Å². The van der Waals surface area contributed by atoms with Crippen LogP contribution in [0.25, 0.3) is 10.8 Å². The number of carbonyl (C=O) groups excluding carboxylic acids is 1. The van der Waals surface area contributed by atoms with Gasteiger partial charge in [0.25, 0.3) is 0 Å². The third kappa shape index (κ3) is 2.72. The third-order valence-corrected chi connectivity index (χ3v) is 3.88. The number of allylic oxidation sites excluding steroid dienone is 4. The molecule has 1 fully saturated rings. The number of carbonyl (C=O) groups is 1. The molecule has 1 heteroatoms. The van der Waals surface area contributed by atoms with Gasteiger partial charge in [0.15, 0.2) is 5.78 Å². The highest BCUT2D eigenvalue weighted by Gasteiger charge is 2.07. The maximum absolute atomic E-state index is 12.3. The van der Waals surface area contributed by atoms with Crippen molar-refractivity contribution in [3.63, 3.8) is 0 Å². The van der Waals surface area contributed by atoms with E-state index in [0.717, 1.165) is 16.3 Å². The predicted octanol–water partition coefficient (Wildman–Crippen LogP) is 5.08. The molecule has 0 atom stereocenters. The highest BCUT2D eigenvalue weighted by molar-refractivity contribution is 6.13. The third-order valence-electron chi connectivity index (χ3n) is 3.88. The predicted molar refractivity (Wildman–Crippen MR) is 84.0 cm³/mol. The van der Waals surface area contributed by atoms with Gasteiger partial charge in [-0.3, -0.25) is 4.79 Å². The van der Waals surface area contributed by atoms with E-state index in [1.807, 2.05) is 48.5 Å². The van der Waals surface area contributed by atoms with Gasteiger partial charge in [0, 0.05) is 5.56 Å². The molecule has 0 spiro atoms. The highest BCUT2D eigenvalue weighted by Crippen LogP contribution is 2.23. The molecule has 0 saturated heterocycles. The molecule has 0 unspecified atom stereocenters. The minimum Gasteiger partial charge on any atom is -0.289 e. The number of rotatable bonds is 3. The molecule has 2 aromatic carbocycles. The molecule has 0 radical (unpaired) electrons. The lowest BCUT2D eigenvalue weighted by atomic mass is 10.0. The van der Waals surface area contributed by atoms with Crippen LogP contribution in [-0.4, -0.2) is 5.78 Å². The van der Waals surface area contributed by atoms with Gasteiger partial charge in [-0.1, -0.05) is 60.2 Å². The Morgan fingerprint density at radius 3 is 2.55 bits per heavy atom. The second-order valence-corrected chi connectivity index (χ2v) is 5.28. The van der Waals surface area contributed by atoms with Gasteiger partial charge in [0.05, 0.1) is 0 Å². The van der Waals surface area contributed by atoms with Crippen LogP contribution in [-0.2, 0) is 0 Å². The summed E-state index contributed by atoms with van der Waals surface area (Å²) in [5.74, 6) is 0.0802. The first kappa shape index (κ1) is 12.9. The molecule has 0 aliphatic heterocycles. The fourth-order valence-electron chi connectivity index (χ4n) is 2.80. The van der Waals surface area contributed by atoms with Crippen LogP contribution < -0.4 is 0 Å². The van der Waals surface area contributed by atoms with Crippen LogP contribution in [0.4, 0.5) is 0 Å². The average Bonchev–Trinajstić information content (AvgIpc) is 3.00. The van der Waals surface area contributed by atoms with E-state index in [9.17, 15) is 4.79 Å². The van der Waals surface area contributed by atoms with E-state index in [4.69, 9.17) is 0 Å². The number of fused-ring (bicyclic) bond motifs is 1. The standard InChI is InChI=1S/C19H18O/c20-19(14-5-9-15-7-1-2-8-15)18-13-6-11-16-10-3-4-12-17(16)18/h3-6,9-14H,1-2,7-8H2/b14-5+. The summed E-state index contributed by atoms with van der Waals surface area (Å²) in [4.78, 5) is 12.3. The smallest absolute Gasteiger partial charge is 0.186 e. The van der Waals surface area contributed by atoms with Gasteiger partial charge in [-0.15, -0.1) is 0 Å². The van der Waals surface area contributed by atoms with Crippen LogP contribution in [0.2, 0.25) is 0 Å². The van der Waals surface area contributed by atoms with Gasteiger partial charge in [-0.05, 0) is 42.5 Å². The Bertz CT molecular complexity index is 678. The first-order chi connectivity index (χ1) is 9.84. The van der Waals surface area contributed by atoms with Gasteiger partial charge in [0.2, 0.25) is 0 Å². The fraction of sp³-hybridized carbons (Fsp3) is 0.211. The first-order valence-corrected chi connectivity index (χ1v) is 7.23. The Labute approximate surface area is 119 Å². The van der Waals surface area contributed by atoms with E-state index < -0.39 is 0 Å². The van der Waals surface area contributed by atoms with Crippen molar-refractivity contribution < 1.29 is 4.79 Å². The lowest BCUT2D eigenvalue weighted by Crippen LogP contribution is -1.95. The normalized spacial score (nSPS) is 15.1. The van der Waals surface area contributed by atoms with Crippen LogP contribution >= 0.6 is 0 Å². The number of benzene rings is 2. The summed E-state index contributed by atoms with van der Waals surface area (Å²) in [6.45, 7) is 0. The van der Waals surface area contributed by atoms with Crippen LogP contribution in [0.15, 0.2) is 66.3 Å². The van der Waals surface area contributed by atoms with Crippen molar-refractivity contribution in [2.24, 2.45) is 0 Å². The van der Waals surface area contributed by atoms with Crippen molar-refractivity contribution in [2.45, 2.75) is 25.7 Å². The molecule has 1 aliphatic carbocycles. The zero-order valence-corrected chi connectivity index (χ0v) is 11.5. The number of ketones is 1. The molecule has 1 aliphatic rings. The van der Waals surface area contributed by atoms with Crippen molar-refractivity contribution >= 4 is 16.6 Å². The van der Waals surface area contributed by atoms with Gasteiger partial charge in [-0.2, -0.15) is 0 Å². The monoisotopic (exact) mass is 262 g/mol. The lowest BCUT2D eigenvalue weighted by molar-refractivity contribution is 0.104. The molecule has 2 aromatic rings. The maximum Gasteiger partial charge on any atom is 0.186 e. The van der Waals surface area contributed by atoms with Crippen LogP contribution in [0.3, 0.4) is 0 Å². The molecule has 3 rings (SSSR count). The van der Waals surface area contributed by atoms with Crippen LogP contribution in [0, 0.1) is 0 Å². The van der Waals surface area contributed by atoms with Crippen molar-refractivity contribution in [3.05, 3.63) is 71.8 Å². The summed E-state index contributed by atoms with van der Waals surface area (Å²) < 4.78 is 0. The Kier molecular flexibility index (Phi) is 3.78. The Balaban J connectivity index is 1.85. The average molecular weight is 262 g/mol. The van der Waals surface area contributed by atoms with Crippen LogP contribution in [0.5, 0.6) is 0 Å². The molecular weight excluding hydrogens is 244 g/mol. The molecule has 0 amide bonds. The zero-order chi connectivity index (χ0) is 13.8. The largest absolute Gasteiger partial charge is 0.289 e. The van der Waals surface area contributed by atoms with E-state index in [2.05, 4.69) is 6.08 Å². The fourth-order valence-corrected chi connectivity index (χ4v) is 2.80. The van der Waals surface area contributed by atoms with E-state index in [1.54, 1.807) is 6.08 Å².